The average Bonchev–Trinajstić information content (AvgIpc) is 3.35. The predicted octanol–water partition coefficient (Wildman–Crippen LogP) is 4.48. The van der Waals surface area contributed by atoms with Crippen LogP contribution in [0.3, 0.4) is 0 Å². The number of sulfonamides is 1. The van der Waals surface area contributed by atoms with Crippen molar-refractivity contribution >= 4 is 50.0 Å². The molecule has 0 bridgehead atoms. The van der Waals surface area contributed by atoms with Crippen LogP contribution < -0.4 is 10.1 Å². The lowest BCUT2D eigenvalue weighted by Crippen LogP contribution is -2.48. The molecule has 0 fully saturated rings. The van der Waals surface area contributed by atoms with Gasteiger partial charge in [0.2, 0.25) is 21.8 Å². The number of anilines is 1. The largest absolute Gasteiger partial charge is 0.488 e. The third-order valence-corrected chi connectivity index (χ3v) is 10.6. The minimum Gasteiger partial charge on any atom is -0.488 e. The summed E-state index contributed by atoms with van der Waals surface area (Å²) in [5.41, 5.74) is 2.99. The zero-order chi connectivity index (χ0) is 33.2. The number of aromatic nitrogens is 1. The van der Waals surface area contributed by atoms with E-state index in [0.717, 1.165) is 16.5 Å². The highest BCUT2D eigenvalue weighted by Crippen LogP contribution is 2.30. The Morgan fingerprint density at radius 3 is 2.59 bits per heavy atom. The summed E-state index contributed by atoms with van der Waals surface area (Å²) < 4.78 is 36.5. The van der Waals surface area contributed by atoms with Gasteiger partial charge in [-0.2, -0.15) is 4.31 Å². The minimum atomic E-state index is -3.86. The molecular formula is C34H39ClN4O6S. The molecule has 10 nitrogen and oxygen atoms in total. The van der Waals surface area contributed by atoms with Crippen molar-refractivity contribution in [2.75, 3.05) is 32.1 Å². The molecule has 5 rings (SSSR count). The Hall–Kier alpha value is -3.90. The second kappa shape index (κ2) is 13.8. The Balaban J connectivity index is 1.41. The van der Waals surface area contributed by atoms with E-state index >= 15 is 0 Å². The van der Waals surface area contributed by atoms with E-state index in [-0.39, 0.29) is 55.2 Å². The summed E-state index contributed by atoms with van der Waals surface area (Å²) in [7, 11) is -0.434. The molecule has 3 aromatic carbocycles. The summed E-state index contributed by atoms with van der Waals surface area (Å²) in [6.07, 6.45) is 1.45. The Labute approximate surface area is 274 Å². The molecule has 2 N–H and O–H groups in total. The lowest BCUT2D eigenvalue weighted by molar-refractivity contribution is -0.134. The smallest absolute Gasteiger partial charge is 0.242 e. The number of benzene rings is 3. The number of likely N-dealkylation sites (N-methyl/N-ethyl adjacent to an activating group) is 1. The van der Waals surface area contributed by atoms with E-state index in [0.29, 0.717) is 22.0 Å². The number of amides is 2. The molecule has 46 heavy (non-hydrogen) atoms. The molecule has 2 amide bonds. The summed E-state index contributed by atoms with van der Waals surface area (Å²) in [5, 5.41) is 14.3. The maximum Gasteiger partial charge on any atom is 0.242 e. The summed E-state index contributed by atoms with van der Waals surface area (Å²) in [5.74, 6) is -0.289. The van der Waals surface area contributed by atoms with E-state index < -0.39 is 22.2 Å². The van der Waals surface area contributed by atoms with Gasteiger partial charge in [-0.25, -0.2) is 8.42 Å². The first-order chi connectivity index (χ1) is 21.9. The first-order valence-corrected chi connectivity index (χ1v) is 16.9. The molecule has 2 heterocycles. The second-order valence-corrected chi connectivity index (χ2v) is 14.4. The van der Waals surface area contributed by atoms with Crippen molar-refractivity contribution in [2.24, 2.45) is 13.0 Å². The number of fused-ring (bicyclic) bond motifs is 2. The maximum atomic E-state index is 13.6. The molecule has 0 saturated heterocycles. The topological polar surface area (TPSA) is 121 Å². The molecule has 0 spiro atoms. The van der Waals surface area contributed by atoms with Crippen LogP contribution in [0.4, 0.5) is 5.69 Å². The molecule has 0 saturated carbocycles. The Bertz CT molecular complexity index is 1840. The van der Waals surface area contributed by atoms with Crippen LogP contribution in [-0.2, 0) is 39.5 Å². The Morgan fingerprint density at radius 2 is 1.87 bits per heavy atom. The molecule has 4 aromatic rings. The summed E-state index contributed by atoms with van der Waals surface area (Å²) in [6, 6.07) is 18.5. The van der Waals surface area contributed by atoms with E-state index in [1.165, 1.54) is 35.6 Å². The van der Waals surface area contributed by atoms with E-state index in [1.54, 1.807) is 30.0 Å². The Morgan fingerprint density at radius 1 is 1.15 bits per heavy atom. The second-order valence-electron chi connectivity index (χ2n) is 12.0. The van der Waals surface area contributed by atoms with E-state index in [4.69, 9.17) is 16.3 Å². The molecule has 244 valence electrons. The highest BCUT2D eigenvalue weighted by atomic mass is 35.5. The average molecular weight is 667 g/mol. The van der Waals surface area contributed by atoms with Crippen LogP contribution in [0.25, 0.3) is 10.9 Å². The number of aliphatic hydroxyl groups is 1. The van der Waals surface area contributed by atoms with Crippen LogP contribution >= 0.6 is 11.6 Å². The number of nitrogens with zero attached hydrogens (tertiary/aromatic N) is 3. The van der Waals surface area contributed by atoms with Gasteiger partial charge in [0.05, 0.1) is 36.9 Å². The third kappa shape index (κ3) is 7.23. The van der Waals surface area contributed by atoms with Crippen molar-refractivity contribution in [3.8, 4) is 5.75 Å². The zero-order valence-corrected chi connectivity index (χ0v) is 27.9. The van der Waals surface area contributed by atoms with Gasteiger partial charge in [-0.15, -0.1) is 0 Å². The van der Waals surface area contributed by atoms with Gasteiger partial charge in [0.1, 0.15) is 11.9 Å². The highest BCUT2D eigenvalue weighted by molar-refractivity contribution is 7.89. The van der Waals surface area contributed by atoms with Gasteiger partial charge in [0.15, 0.2) is 0 Å². The van der Waals surface area contributed by atoms with Gasteiger partial charge in [-0.05, 0) is 61.0 Å². The number of aliphatic hydroxyl groups excluding tert-OH is 1. The van der Waals surface area contributed by atoms with Crippen LogP contribution in [0, 0.1) is 5.92 Å². The van der Waals surface area contributed by atoms with Gasteiger partial charge < -0.3 is 24.6 Å². The van der Waals surface area contributed by atoms with Gasteiger partial charge in [0.25, 0.3) is 0 Å². The van der Waals surface area contributed by atoms with Gasteiger partial charge in [0, 0.05) is 59.9 Å². The van der Waals surface area contributed by atoms with Gasteiger partial charge >= 0.3 is 0 Å². The number of hydrogen-bond acceptors (Lipinski definition) is 6. The number of carbonyl (C=O) groups excluding carboxylic acids is 2. The number of carbonyl (C=O) groups is 2. The van der Waals surface area contributed by atoms with E-state index in [1.807, 2.05) is 49.0 Å². The van der Waals surface area contributed by atoms with Crippen LogP contribution in [-0.4, -0.2) is 78.0 Å². The lowest BCUT2D eigenvalue weighted by Gasteiger charge is -2.33. The van der Waals surface area contributed by atoms with Crippen LogP contribution in [0.15, 0.2) is 77.8 Å². The molecule has 0 unspecified atom stereocenters. The number of nitrogens with one attached hydrogen (secondary N) is 1. The molecule has 0 radical (unpaired) electrons. The maximum absolute atomic E-state index is 13.6. The standard InChI is InChI=1S/C34H39ClN4O6S/c1-22-18-39(23(2)21-40)34(42)17-24-15-27(36-33(41)16-25-19-37(3)30-8-6-5-7-29(25)30)11-14-31(24)45-32(22)20-38(4)46(43,44)28-12-9-26(35)10-13-28/h5-15,19,22-23,32,40H,16-18,20-21H2,1-4H3,(H,36,41)/t22-,23+,32-/m0/s1. The summed E-state index contributed by atoms with van der Waals surface area (Å²) in [4.78, 5) is 28.4. The molecule has 1 aliphatic rings. The fourth-order valence-electron chi connectivity index (χ4n) is 5.81. The quantitative estimate of drug-likeness (QED) is 0.272. The number of para-hydroxylation sites is 1. The molecule has 0 aliphatic carbocycles. The number of rotatable bonds is 9. The van der Waals surface area contributed by atoms with Crippen molar-refractivity contribution in [1.82, 2.24) is 13.8 Å². The first kappa shape index (κ1) is 33.5. The van der Waals surface area contributed by atoms with Gasteiger partial charge in [-0.3, -0.25) is 9.59 Å². The molecule has 1 aliphatic heterocycles. The van der Waals surface area contributed by atoms with Gasteiger partial charge in [-0.1, -0.05) is 36.7 Å². The number of aryl methyl sites for hydroxylation is 1. The molecule has 12 heteroatoms. The van der Waals surface area contributed by atoms with E-state index in [2.05, 4.69) is 5.32 Å². The normalized spacial score (nSPS) is 18.0. The monoisotopic (exact) mass is 666 g/mol. The minimum absolute atomic E-state index is 0.00459. The third-order valence-electron chi connectivity index (χ3n) is 8.49. The number of halogens is 1. The molecule has 3 atom stereocenters. The number of hydrogen-bond donors (Lipinski definition) is 2. The first-order valence-electron chi connectivity index (χ1n) is 15.1. The molecular weight excluding hydrogens is 628 g/mol. The SMILES string of the molecule is C[C@H](CO)N1C[C@H](C)[C@H](CN(C)S(=O)(=O)c2ccc(Cl)cc2)Oc2ccc(NC(=O)Cc3cn(C)c4ccccc34)cc2CC1=O. The van der Waals surface area contributed by atoms with Crippen molar-refractivity contribution in [1.29, 1.82) is 0 Å². The summed E-state index contributed by atoms with van der Waals surface area (Å²) in [6.45, 7) is 3.68. The fraction of sp³-hybridized carbons (Fsp3) is 0.353. The highest BCUT2D eigenvalue weighted by Gasteiger charge is 2.33. The van der Waals surface area contributed by atoms with Crippen LogP contribution in [0.2, 0.25) is 5.02 Å². The number of ether oxygens (including phenoxy) is 1. The van der Waals surface area contributed by atoms with E-state index in [9.17, 15) is 23.1 Å². The van der Waals surface area contributed by atoms with Crippen LogP contribution in [0.5, 0.6) is 5.75 Å². The van der Waals surface area contributed by atoms with Crippen molar-refractivity contribution < 1.29 is 27.9 Å². The van der Waals surface area contributed by atoms with Crippen molar-refractivity contribution in [3.05, 3.63) is 89.1 Å². The molecule has 1 aromatic heterocycles. The van der Waals surface area contributed by atoms with Crippen LogP contribution in [0.1, 0.15) is 25.0 Å². The van der Waals surface area contributed by atoms with Crippen molar-refractivity contribution in [3.63, 3.8) is 0 Å². The zero-order valence-electron chi connectivity index (χ0n) is 26.3. The van der Waals surface area contributed by atoms with Crippen molar-refractivity contribution in [2.45, 2.75) is 43.7 Å². The lowest BCUT2D eigenvalue weighted by atomic mass is 10.0. The fourth-order valence-corrected chi connectivity index (χ4v) is 7.12. The predicted molar refractivity (Wildman–Crippen MR) is 179 cm³/mol. The summed E-state index contributed by atoms with van der Waals surface area (Å²) >= 11 is 5.97. The Kier molecular flexibility index (Phi) is 10.1.